The van der Waals surface area contributed by atoms with Crippen LogP contribution in [0, 0.1) is 0 Å². The molecule has 0 atom stereocenters. The van der Waals surface area contributed by atoms with E-state index in [1.807, 2.05) is 35.2 Å². The number of hydrogen-bond donors (Lipinski definition) is 1. The summed E-state index contributed by atoms with van der Waals surface area (Å²) < 4.78 is 1.03. The first kappa shape index (κ1) is 14.1. The van der Waals surface area contributed by atoms with Crippen molar-refractivity contribution in [3.63, 3.8) is 0 Å². The number of rotatable bonds is 2. The Morgan fingerprint density at radius 1 is 1.14 bits per heavy atom. The molecule has 4 heteroatoms. The molecular weight excluding hydrogens is 328 g/mol. The number of nitrogens with one attached hydrogen (secondary N) is 1. The number of urea groups is 1. The molecule has 2 aromatic rings. The molecule has 3 nitrogen and oxygen atoms in total. The molecule has 0 saturated carbocycles. The molecule has 0 fully saturated rings. The lowest BCUT2D eigenvalue weighted by atomic mass is 10.0. The van der Waals surface area contributed by atoms with Crippen LogP contribution >= 0.6 is 15.9 Å². The van der Waals surface area contributed by atoms with Crippen LogP contribution in [0.4, 0.5) is 4.79 Å². The van der Waals surface area contributed by atoms with E-state index in [1.165, 1.54) is 11.1 Å². The minimum absolute atomic E-state index is 0.00415. The maximum atomic E-state index is 12.3. The molecule has 0 spiro atoms. The molecule has 0 bridgehead atoms. The first-order valence-electron chi connectivity index (χ1n) is 7.06. The SMILES string of the molecule is O=C(NCc1cccc(Br)c1)N1CCc2ccccc2C1. The summed E-state index contributed by atoms with van der Waals surface area (Å²) in [5.41, 5.74) is 3.70. The molecule has 1 N–H and O–H groups in total. The van der Waals surface area contributed by atoms with Gasteiger partial charge < -0.3 is 10.2 Å². The highest BCUT2D eigenvalue weighted by Gasteiger charge is 2.19. The summed E-state index contributed by atoms with van der Waals surface area (Å²) in [4.78, 5) is 14.1. The number of carbonyl (C=O) groups excluding carboxylic acids is 1. The fraction of sp³-hybridized carbons (Fsp3) is 0.235. The predicted octanol–water partition coefficient (Wildman–Crippen LogP) is 3.72. The Hall–Kier alpha value is -1.81. The number of carbonyl (C=O) groups is 1. The molecule has 0 aliphatic carbocycles. The van der Waals surface area contributed by atoms with E-state index in [0.717, 1.165) is 23.0 Å². The van der Waals surface area contributed by atoms with Crippen LogP contribution < -0.4 is 5.32 Å². The molecule has 0 radical (unpaired) electrons. The van der Waals surface area contributed by atoms with Crippen molar-refractivity contribution in [3.8, 4) is 0 Å². The molecule has 2 amide bonds. The number of fused-ring (bicyclic) bond motifs is 1. The number of hydrogen-bond acceptors (Lipinski definition) is 1. The van der Waals surface area contributed by atoms with Gasteiger partial charge in [0.25, 0.3) is 0 Å². The summed E-state index contributed by atoms with van der Waals surface area (Å²) in [6.45, 7) is 2.03. The van der Waals surface area contributed by atoms with Gasteiger partial charge in [0.05, 0.1) is 0 Å². The topological polar surface area (TPSA) is 32.3 Å². The van der Waals surface area contributed by atoms with Crippen molar-refractivity contribution in [2.75, 3.05) is 6.54 Å². The molecule has 0 saturated heterocycles. The number of nitrogens with zero attached hydrogens (tertiary/aromatic N) is 1. The first-order valence-corrected chi connectivity index (χ1v) is 7.86. The molecule has 2 aromatic carbocycles. The summed E-state index contributed by atoms with van der Waals surface area (Å²) >= 11 is 3.44. The maximum absolute atomic E-state index is 12.3. The molecule has 0 unspecified atom stereocenters. The Morgan fingerprint density at radius 2 is 1.95 bits per heavy atom. The van der Waals surface area contributed by atoms with E-state index in [4.69, 9.17) is 0 Å². The van der Waals surface area contributed by atoms with E-state index in [0.29, 0.717) is 13.1 Å². The highest BCUT2D eigenvalue weighted by Crippen LogP contribution is 2.18. The predicted molar refractivity (Wildman–Crippen MR) is 86.9 cm³/mol. The van der Waals surface area contributed by atoms with E-state index >= 15 is 0 Å². The van der Waals surface area contributed by atoms with Crippen molar-refractivity contribution in [1.29, 1.82) is 0 Å². The Labute approximate surface area is 133 Å². The van der Waals surface area contributed by atoms with Gasteiger partial charge in [0.2, 0.25) is 0 Å². The minimum atomic E-state index is 0.00415. The summed E-state index contributed by atoms with van der Waals surface area (Å²) in [6.07, 6.45) is 0.931. The van der Waals surface area contributed by atoms with Gasteiger partial charge in [0, 0.05) is 24.1 Å². The van der Waals surface area contributed by atoms with Gasteiger partial charge >= 0.3 is 6.03 Å². The van der Waals surface area contributed by atoms with Crippen LogP contribution in [0.2, 0.25) is 0 Å². The number of amides is 2. The fourth-order valence-electron chi connectivity index (χ4n) is 2.61. The molecule has 1 heterocycles. The largest absolute Gasteiger partial charge is 0.334 e. The van der Waals surface area contributed by atoms with Crippen LogP contribution in [0.25, 0.3) is 0 Å². The normalized spacial score (nSPS) is 13.7. The molecule has 1 aliphatic heterocycles. The lowest BCUT2D eigenvalue weighted by molar-refractivity contribution is 0.192. The zero-order valence-electron chi connectivity index (χ0n) is 11.7. The minimum Gasteiger partial charge on any atom is -0.334 e. The summed E-state index contributed by atoms with van der Waals surface area (Å²) in [6, 6.07) is 16.3. The molecule has 21 heavy (non-hydrogen) atoms. The van der Waals surface area contributed by atoms with Gasteiger partial charge in [-0.3, -0.25) is 0 Å². The molecule has 0 aromatic heterocycles. The smallest absolute Gasteiger partial charge is 0.317 e. The molecule has 108 valence electrons. The fourth-order valence-corrected chi connectivity index (χ4v) is 3.05. The van der Waals surface area contributed by atoms with Crippen LogP contribution in [0.5, 0.6) is 0 Å². The average Bonchev–Trinajstić information content (AvgIpc) is 2.52. The number of halogens is 1. The average molecular weight is 345 g/mol. The zero-order chi connectivity index (χ0) is 14.7. The van der Waals surface area contributed by atoms with Crippen molar-refractivity contribution in [3.05, 3.63) is 69.7 Å². The zero-order valence-corrected chi connectivity index (χ0v) is 13.3. The highest BCUT2D eigenvalue weighted by atomic mass is 79.9. The highest BCUT2D eigenvalue weighted by molar-refractivity contribution is 9.10. The number of benzene rings is 2. The van der Waals surface area contributed by atoms with Crippen LogP contribution in [0.3, 0.4) is 0 Å². The van der Waals surface area contributed by atoms with Gasteiger partial charge in [0.15, 0.2) is 0 Å². The molecule has 1 aliphatic rings. The third-order valence-corrected chi connectivity index (χ3v) is 4.24. The van der Waals surface area contributed by atoms with Crippen molar-refractivity contribution < 1.29 is 4.79 Å². The second-order valence-corrected chi connectivity index (χ2v) is 6.14. The van der Waals surface area contributed by atoms with E-state index in [9.17, 15) is 4.79 Å². The van der Waals surface area contributed by atoms with E-state index in [-0.39, 0.29) is 6.03 Å². The van der Waals surface area contributed by atoms with Gasteiger partial charge in [-0.1, -0.05) is 52.3 Å². The lowest BCUT2D eigenvalue weighted by Gasteiger charge is -2.29. The Bertz CT molecular complexity index is 657. The molecule has 3 rings (SSSR count). The summed E-state index contributed by atoms with van der Waals surface area (Å²) in [7, 11) is 0. The Kier molecular flexibility index (Phi) is 4.25. The van der Waals surface area contributed by atoms with Crippen molar-refractivity contribution >= 4 is 22.0 Å². The van der Waals surface area contributed by atoms with Crippen LogP contribution in [0.1, 0.15) is 16.7 Å². The second-order valence-electron chi connectivity index (χ2n) is 5.23. The summed E-state index contributed by atoms with van der Waals surface area (Å²) in [5.74, 6) is 0. The van der Waals surface area contributed by atoms with Gasteiger partial charge in [-0.05, 0) is 35.2 Å². The standard InChI is InChI=1S/C17H17BrN2O/c18-16-7-3-4-13(10-16)11-19-17(21)20-9-8-14-5-1-2-6-15(14)12-20/h1-7,10H,8-9,11-12H2,(H,19,21). The van der Waals surface area contributed by atoms with Crippen molar-refractivity contribution in [2.24, 2.45) is 0 Å². The van der Waals surface area contributed by atoms with E-state index in [1.54, 1.807) is 0 Å². The maximum Gasteiger partial charge on any atom is 0.317 e. The van der Waals surface area contributed by atoms with Gasteiger partial charge in [0.1, 0.15) is 0 Å². The van der Waals surface area contributed by atoms with Gasteiger partial charge in [-0.2, -0.15) is 0 Å². The lowest BCUT2D eigenvalue weighted by Crippen LogP contribution is -2.42. The van der Waals surface area contributed by atoms with Gasteiger partial charge in [-0.15, -0.1) is 0 Å². The Morgan fingerprint density at radius 3 is 2.76 bits per heavy atom. The van der Waals surface area contributed by atoms with E-state index < -0.39 is 0 Å². The van der Waals surface area contributed by atoms with E-state index in [2.05, 4.69) is 39.4 Å². The van der Waals surface area contributed by atoms with Crippen molar-refractivity contribution in [1.82, 2.24) is 10.2 Å². The Balaban J connectivity index is 1.59. The second kappa shape index (κ2) is 6.31. The third-order valence-electron chi connectivity index (χ3n) is 3.75. The van der Waals surface area contributed by atoms with Crippen molar-refractivity contribution in [2.45, 2.75) is 19.5 Å². The quantitative estimate of drug-likeness (QED) is 0.884. The third kappa shape index (κ3) is 3.45. The molecular formula is C17H17BrN2O. The first-order chi connectivity index (χ1) is 10.2. The monoisotopic (exact) mass is 344 g/mol. The van der Waals surface area contributed by atoms with Crippen LogP contribution in [-0.4, -0.2) is 17.5 Å². The van der Waals surface area contributed by atoms with Crippen LogP contribution in [-0.2, 0) is 19.5 Å². The summed E-state index contributed by atoms with van der Waals surface area (Å²) in [5, 5.41) is 2.99. The van der Waals surface area contributed by atoms with Gasteiger partial charge in [-0.25, -0.2) is 4.79 Å². The van der Waals surface area contributed by atoms with Crippen LogP contribution in [0.15, 0.2) is 53.0 Å².